The van der Waals surface area contributed by atoms with Crippen LogP contribution in [0.1, 0.15) is 12.5 Å². The predicted molar refractivity (Wildman–Crippen MR) is 63.2 cm³/mol. The Hall–Kier alpha value is -1.69. The molecule has 0 spiro atoms. The number of amides is 1. The summed E-state index contributed by atoms with van der Waals surface area (Å²) < 4.78 is 28.1. The maximum Gasteiger partial charge on any atom is 0.387 e. The number of likely N-dealkylation sites (N-methyl/N-ethyl adjacent to an activating group) is 1. The van der Waals surface area contributed by atoms with Gasteiger partial charge in [-0.15, -0.1) is 0 Å². The van der Waals surface area contributed by atoms with E-state index in [-0.39, 0.29) is 11.8 Å². The summed E-state index contributed by atoms with van der Waals surface area (Å²) in [7, 11) is 1.76. The van der Waals surface area contributed by atoms with Crippen LogP contribution in [0.25, 0.3) is 0 Å². The number of carbonyl (C=O) groups is 1. The lowest BCUT2D eigenvalue weighted by molar-refractivity contribution is -0.122. The van der Waals surface area contributed by atoms with E-state index in [2.05, 4.69) is 4.74 Å². The standard InChI is InChI=1S/C12H16F2N2O2/c1-8(11(15)17)16(2)7-9-3-5-10(6-4-9)18-12(13)14/h3-6,8,12H,7H2,1-2H3,(H2,15,17)/t8-/m0/s1. The largest absolute Gasteiger partial charge is 0.435 e. The molecule has 0 fully saturated rings. The molecule has 18 heavy (non-hydrogen) atoms. The van der Waals surface area contributed by atoms with Gasteiger partial charge >= 0.3 is 6.61 Å². The van der Waals surface area contributed by atoms with Gasteiger partial charge in [0.15, 0.2) is 0 Å². The zero-order valence-corrected chi connectivity index (χ0v) is 10.3. The number of rotatable bonds is 6. The van der Waals surface area contributed by atoms with Crippen molar-refractivity contribution < 1.29 is 18.3 Å². The van der Waals surface area contributed by atoms with E-state index >= 15 is 0 Å². The van der Waals surface area contributed by atoms with E-state index in [1.807, 2.05) is 0 Å². The van der Waals surface area contributed by atoms with Gasteiger partial charge in [0.25, 0.3) is 0 Å². The first-order valence-electron chi connectivity index (χ1n) is 5.43. The molecule has 2 N–H and O–H groups in total. The molecule has 0 aliphatic carbocycles. The second-order valence-corrected chi connectivity index (χ2v) is 4.02. The van der Waals surface area contributed by atoms with Gasteiger partial charge in [0, 0.05) is 6.54 Å². The average Bonchev–Trinajstić information content (AvgIpc) is 2.29. The number of ether oxygens (including phenoxy) is 1. The molecule has 0 saturated heterocycles. The Balaban J connectivity index is 2.60. The third-order valence-electron chi connectivity index (χ3n) is 2.65. The number of halogens is 2. The van der Waals surface area contributed by atoms with Gasteiger partial charge < -0.3 is 10.5 Å². The quantitative estimate of drug-likeness (QED) is 0.843. The van der Waals surface area contributed by atoms with E-state index in [9.17, 15) is 13.6 Å². The van der Waals surface area contributed by atoms with Gasteiger partial charge in [0.05, 0.1) is 6.04 Å². The minimum absolute atomic E-state index is 0.111. The van der Waals surface area contributed by atoms with E-state index in [0.29, 0.717) is 6.54 Å². The molecule has 4 nitrogen and oxygen atoms in total. The van der Waals surface area contributed by atoms with Crippen LogP contribution in [0, 0.1) is 0 Å². The van der Waals surface area contributed by atoms with Crippen LogP contribution in [0.15, 0.2) is 24.3 Å². The number of hydrogen-bond donors (Lipinski definition) is 1. The van der Waals surface area contributed by atoms with Crippen LogP contribution < -0.4 is 10.5 Å². The van der Waals surface area contributed by atoms with Gasteiger partial charge in [-0.2, -0.15) is 8.78 Å². The van der Waals surface area contributed by atoms with Gasteiger partial charge in [0.1, 0.15) is 5.75 Å². The summed E-state index contributed by atoms with van der Waals surface area (Å²) in [6, 6.07) is 5.88. The molecule has 100 valence electrons. The molecule has 0 aliphatic rings. The van der Waals surface area contributed by atoms with Crippen LogP contribution >= 0.6 is 0 Å². The average molecular weight is 258 g/mol. The summed E-state index contributed by atoms with van der Waals surface area (Å²) >= 11 is 0. The molecule has 0 unspecified atom stereocenters. The third kappa shape index (κ3) is 4.29. The zero-order valence-electron chi connectivity index (χ0n) is 10.3. The normalized spacial score (nSPS) is 12.8. The number of carbonyl (C=O) groups excluding carboxylic acids is 1. The predicted octanol–water partition coefficient (Wildman–Crippen LogP) is 1.59. The maximum atomic E-state index is 11.9. The molecule has 1 aromatic rings. The molecular weight excluding hydrogens is 242 g/mol. The van der Waals surface area contributed by atoms with Crippen molar-refractivity contribution in [3.8, 4) is 5.75 Å². The fourth-order valence-electron chi connectivity index (χ4n) is 1.42. The molecule has 1 rings (SSSR count). The van der Waals surface area contributed by atoms with Crippen molar-refractivity contribution in [3.05, 3.63) is 29.8 Å². The molecule has 0 heterocycles. The Labute approximate surface area is 104 Å². The Morgan fingerprint density at radius 1 is 1.39 bits per heavy atom. The molecule has 1 aromatic carbocycles. The lowest BCUT2D eigenvalue weighted by Gasteiger charge is -2.21. The number of primary amides is 1. The van der Waals surface area contributed by atoms with Crippen molar-refractivity contribution >= 4 is 5.91 Å². The highest BCUT2D eigenvalue weighted by Gasteiger charge is 2.14. The monoisotopic (exact) mass is 258 g/mol. The van der Waals surface area contributed by atoms with E-state index < -0.39 is 12.5 Å². The Morgan fingerprint density at radius 2 is 1.94 bits per heavy atom. The van der Waals surface area contributed by atoms with Crippen LogP contribution in [0.4, 0.5) is 8.78 Å². The first kappa shape index (κ1) is 14.4. The number of alkyl halides is 2. The molecular formula is C12H16F2N2O2. The first-order chi connectivity index (χ1) is 8.40. The van der Waals surface area contributed by atoms with Crippen LogP contribution in [0.5, 0.6) is 5.75 Å². The minimum Gasteiger partial charge on any atom is -0.435 e. The van der Waals surface area contributed by atoms with Gasteiger partial charge in [-0.1, -0.05) is 12.1 Å². The van der Waals surface area contributed by atoms with Crippen LogP contribution in [-0.2, 0) is 11.3 Å². The van der Waals surface area contributed by atoms with Crippen molar-refractivity contribution in [1.82, 2.24) is 4.90 Å². The Kier molecular flexibility index (Phi) is 5.03. The summed E-state index contributed by atoms with van der Waals surface area (Å²) in [4.78, 5) is 12.8. The topological polar surface area (TPSA) is 55.6 Å². The number of hydrogen-bond acceptors (Lipinski definition) is 3. The van der Waals surface area contributed by atoms with E-state index in [4.69, 9.17) is 5.73 Å². The lowest BCUT2D eigenvalue weighted by Crippen LogP contribution is -2.39. The van der Waals surface area contributed by atoms with Crippen molar-refractivity contribution in [2.75, 3.05) is 7.05 Å². The summed E-state index contributed by atoms with van der Waals surface area (Å²) in [5, 5.41) is 0. The smallest absolute Gasteiger partial charge is 0.387 e. The maximum absolute atomic E-state index is 11.9. The highest BCUT2D eigenvalue weighted by Crippen LogP contribution is 2.16. The second-order valence-electron chi connectivity index (χ2n) is 4.02. The van der Waals surface area contributed by atoms with Gasteiger partial charge in [0.2, 0.25) is 5.91 Å². The van der Waals surface area contributed by atoms with Crippen molar-refractivity contribution in [1.29, 1.82) is 0 Å². The van der Waals surface area contributed by atoms with Crippen molar-refractivity contribution in [2.24, 2.45) is 5.73 Å². The SMILES string of the molecule is C[C@@H](C(N)=O)N(C)Cc1ccc(OC(F)F)cc1. The van der Waals surface area contributed by atoms with Crippen molar-refractivity contribution in [2.45, 2.75) is 26.1 Å². The van der Waals surface area contributed by atoms with Gasteiger partial charge in [-0.05, 0) is 31.7 Å². The van der Waals surface area contributed by atoms with Crippen LogP contribution in [0.3, 0.4) is 0 Å². The Morgan fingerprint density at radius 3 is 2.39 bits per heavy atom. The third-order valence-corrected chi connectivity index (χ3v) is 2.65. The van der Waals surface area contributed by atoms with Gasteiger partial charge in [-0.25, -0.2) is 0 Å². The van der Waals surface area contributed by atoms with E-state index in [1.54, 1.807) is 31.0 Å². The lowest BCUT2D eigenvalue weighted by atomic mass is 10.2. The van der Waals surface area contributed by atoms with Crippen molar-refractivity contribution in [3.63, 3.8) is 0 Å². The van der Waals surface area contributed by atoms with Crippen LogP contribution in [0.2, 0.25) is 0 Å². The van der Waals surface area contributed by atoms with Gasteiger partial charge in [-0.3, -0.25) is 9.69 Å². The molecule has 0 aliphatic heterocycles. The Bertz CT molecular complexity index is 396. The fourth-order valence-corrected chi connectivity index (χ4v) is 1.42. The fraction of sp³-hybridized carbons (Fsp3) is 0.417. The minimum atomic E-state index is -2.83. The molecule has 0 aromatic heterocycles. The van der Waals surface area contributed by atoms with Crippen LogP contribution in [-0.4, -0.2) is 30.5 Å². The molecule has 1 atom stereocenters. The zero-order chi connectivity index (χ0) is 13.7. The molecule has 1 amide bonds. The second kappa shape index (κ2) is 6.30. The van der Waals surface area contributed by atoms with E-state index in [1.165, 1.54) is 12.1 Å². The number of nitrogens with two attached hydrogens (primary N) is 1. The summed E-state index contributed by atoms with van der Waals surface area (Å²) in [5.41, 5.74) is 6.07. The highest BCUT2D eigenvalue weighted by molar-refractivity contribution is 5.79. The molecule has 0 bridgehead atoms. The summed E-state index contributed by atoms with van der Waals surface area (Å²) in [6.07, 6.45) is 0. The number of benzene rings is 1. The molecule has 6 heteroatoms. The van der Waals surface area contributed by atoms with E-state index in [0.717, 1.165) is 5.56 Å². The summed E-state index contributed by atoms with van der Waals surface area (Å²) in [5.74, 6) is -0.297. The number of nitrogens with zero attached hydrogens (tertiary/aromatic N) is 1. The highest BCUT2D eigenvalue weighted by atomic mass is 19.3. The first-order valence-corrected chi connectivity index (χ1v) is 5.43. The molecule has 0 radical (unpaired) electrons. The molecule has 0 saturated carbocycles. The summed E-state index contributed by atoms with van der Waals surface area (Å²) in [6.45, 7) is -0.622.